The monoisotopic (exact) mass is 221 g/mol. The first kappa shape index (κ1) is 11.3. The molecule has 1 heterocycles. The Balaban J connectivity index is 2.20. The molecule has 1 N–H and O–H groups in total. The second kappa shape index (κ2) is 5.21. The van der Waals surface area contributed by atoms with Crippen molar-refractivity contribution >= 4 is 5.69 Å². The molecule has 0 bridgehead atoms. The molecule has 1 aromatic rings. The number of aliphatic hydroxyl groups is 1. The van der Waals surface area contributed by atoms with Crippen LogP contribution in [0.1, 0.15) is 24.8 Å². The predicted octanol–water partition coefficient (Wildman–Crippen LogP) is 2.18. The summed E-state index contributed by atoms with van der Waals surface area (Å²) in [7, 11) is 1.63. The van der Waals surface area contributed by atoms with Crippen molar-refractivity contribution in [1.29, 1.82) is 0 Å². The molecule has 0 spiro atoms. The third-order valence-corrected chi connectivity index (χ3v) is 3.16. The van der Waals surface area contributed by atoms with Crippen molar-refractivity contribution in [3.8, 4) is 5.75 Å². The van der Waals surface area contributed by atoms with Crippen LogP contribution >= 0.6 is 0 Å². The number of hydrogen-bond donors (Lipinski definition) is 1. The van der Waals surface area contributed by atoms with E-state index < -0.39 is 0 Å². The summed E-state index contributed by atoms with van der Waals surface area (Å²) in [4.78, 5) is 2.38. The Morgan fingerprint density at radius 3 is 2.62 bits per heavy atom. The van der Waals surface area contributed by atoms with E-state index in [1.165, 1.54) is 24.9 Å². The van der Waals surface area contributed by atoms with Crippen molar-refractivity contribution in [1.82, 2.24) is 0 Å². The van der Waals surface area contributed by atoms with Gasteiger partial charge in [-0.05, 0) is 37.5 Å². The molecule has 3 heteroatoms. The van der Waals surface area contributed by atoms with E-state index in [-0.39, 0.29) is 6.61 Å². The summed E-state index contributed by atoms with van der Waals surface area (Å²) in [5.74, 6) is 0.767. The van der Waals surface area contributed by atoms with Crippen LogP contribution in [0.15, 0.2) is 18.2 Å². The Labute approximate surface area is 96.6 Å². The molecule has 2 rings (SSSR count). The van der Waals surface area contributed by atoms with E-state index in [0.717, 1.165) is 24.4 Å². The van der Waals surface area contributed by atoms with Crippen LogP contribution in [0, 0.1) is 0 Å². The normalized spacial score (nSPS) is 16.2. The molecule has 1 aliphatic rings. The molecular formula is C13H19NO2. The Kier molecular flexibility index (Phi) is 3.67. The third kappa shape index (κ3) is 2.30. The molecule has 0 aliphatic carbocycles. The van der Waals surface area contributed by atoms with Crippen molar-refractivity contribution in [3.63, 3.8) is 0 Å². The maximum atomic E-state index is 9.27. The smallest absolute Gasteiger partial charge is 0.124 e. The van der Waals surface area contributed by atoms with Gasteiger partial charge in [-0.2, -0.15) is 0 Å². The molecule has 0 radical (unpaired) electrons. The van der Waals surface area contributed by atoms with Crippen LogP contribution in [0.5, 0.6) is 5.75 Å². The molecule has 16 heavy (non-hydrogen) atoms. The van der Waals surface area contributed by atoms with Gasteiger partial charge >= 0.3 is 0 Å². The lowest BCUT2D eigenvalue weighted by Crippen LogP contribution is -2.29. The van der Waals surface area contributed by atoms with Gasteiger partial charge in [-0.25, -0.2) is 0 Å². The number of ether oxygens (including phenoxy) is 1. The fourth-order valence-corrected chi connectivity index (χ4v) is 2.24. The first-order valence-corrected chi connectivity index (χ1v) is 5.88. The van der Waals surface area contributed by atoms with E-state index in [4.69, 9.17) is 4.74 Å². The Hall–Kier alpha value is -1.22. The van der Waals surface area contributed by atoms with Gasteiger partial charge in [-0.15, -0.1) is 0 Å². The molecule has 0 amide bonds. The van der Waals surface area contributed by atoms with E-state index in [0.29, 0.717) is 0 Å². The molecule has 1 aliphatic heterocycles. The molecule has 3 nitrogen and oxygen atoms in total. The van der Waals surface area contributed by atoms with E-state index >= 15 is 0 Å². The summed E-state index contributed by atoms with van der Waals surface area (Å²) in [6, 6.07) is 6.04. The zero-order valence-corrected chi connectivity index (χ0v) is 9.78. The highest BCUT2D eigenvalue weighted by molar-refractivity contribution is 5.53. The van der Waals surface area contributed by atoms with Gasteiger partial charge in [0.15, 0.2) is 0 Å². The average Bonchev–Trinajstić information content (AvgIpc) is 2.39. The first-order valence-electron chi connectivity index (χ1n) is 5.88. The molecule has 0 atom stereocenters. The topological polar surface area (TPSA) is 32.7 Å². The zero-order chi connectivity index (χ0) is 11.4. The van der Waals surface area contributed by atoms with Gasteiger partial charge in [0.05, 0.1) is 13.7 Å². The van der Waals surface area contributed by atoms with Gasteiger partial charge in [-0.3, -0.25) is 0 Å². The first-order chi connectivity index (χ1) is 7.85. The minimum absolute atomic E-state index is 0.0326. The van der Waals surface area contributed by atoms with Crippen LogP contribution in [0.3, 0.4) is 0 Å². The lowest BCUT2D eigenvalue weighted by molar-refractivity contribution is 0.274. The van der Waals surface area contributed by atoms with Gasteiger partial charge < -0.3 is 14.7 Å². The van der Waals surface area contributed by atoms with Crippen LogP contribution in [0.4, 0.5) is 5.69 Å². The van der Waals surface area contributed by atoms with Crippen LogP contribution in [0.25, 0.3) is 0 Å². The molecule has 1 saturated heterocycles. The quantitative estimate of drug-likeness (QED) is 0.849. The summed E-state index contributed by atoms with van der Waals surface area (Å²) in [5.41, 5.74) is 2.06. The molecule has 1 aromatic carbocycles. The number of nitrogens with zero attached hydrogens (tertiary/aromatic N) is 1. The largest absolute Gasteiger partial charge is 0.496 e. The van der Waals surface area contributed by atoms with Gasteiger partial charge in [0.2, 0.25) is 0 Å². The fourth-order valence-electron chi connectivity index (χ4n) is 2.24. The summed E-state index contributed by atoms with van der Waals surface area (Å²) in [6.07, 6.45) is 3.86. The highest BCUT2D eigenvalue weighted by atomic mass is 16.5. The van der Waals surface area contributed by atoms with Gasteiger partial charge in [-0.1, -0.05) is 0 Å². The predicted molar refractivity (Wildman–Crippen MR) is 65.0 cm³/mol. The average molecular weight is 221 g/mol. The molecular weight excluding hydrogens is 202 g/mol. The minimum Gasteiger partial charge on any atom is -0.496 e. The van der Waals surface area contributed by atoms with Crippen molar-refractivity contribution < 1.29 is 9.84 Å². The highest BCUT2D eigenvalue weighted by Crippen LogP contribution is 2.26. The second-order valence-electron chi connectivity index (χ2n) is 4.20. The van der Waals surface area contributed by atoms with Crippen molar-refractivity contribution in [2.75, 3.05) is 25.1 Å². The fraction of sp³-hybridized carbons (Fsp3) is 0.538. The van der Waals surface area contributed by atoms with E-state index in [9.17, 15) is 5.11 Å². The molecule has 1 fully saturated rings. The molecule has 88 valence electrons. The van der Waals surface area contributed by atoms with Gasteiger partial charge in [0.25, 0.3) is 0 Å². The van der Waals surface area contributed by atoms with Gasteiger partial charge in [0, 0.05) is 24.3 Å². The van der Waals surface area contributed by atoms with Crippen LogP contribution in [0.2, 0.25) is 0 Å². The molecule has 0 unspecified atom stereocenters. The number of benzene rings is 1. The maximum absolute atomic E-state index is 9.27. The van der Waals surface area contributed by atoms with E-state index in [2.05, 4.69) is 11.0 Å². The Morgan fingerprint density at radius 1 is 1.25 bits per heavy atom. The highest BCUT2D eigenvalue weighted by Gasteiger charge is 2.12. The van der Waals surface area contributed by atoms with Crippen LogP contribution < -0.4 is 9.64 Å². The lowest BCUT2D eigenvalue weighted by atomic mass is 10.1. The Bertz CT molecular complexity index is 346. The summed E-state index contributed by atoms with van der Waals surface area (Å²) in [5, 5.41) is 9.27. The van der Waals surface area contributed by atoms with Crippen molar-refractivity contribution in [3.05, 3.63) is 23.8 Å². The summed E-state index contributed by atoms with van der Waals surface area (Å²) < 4.78 is 5.20. The number of methoxy groups -OCH3 is 1. The standard InChI is InChI=1S/C13H19NO2/c1-16-13-6-5-12(9-11(13)10-15)14-7-3-2-4-8-14/h5-6,9,15H,2-4,7-8,10H2,1H3. The van der Waals surface area contributed by atoms with E-state index in [1.54, 1.807) is 7.11 Å². The molecule has 0 saturated carbocycles. The summed E-state index contributed by atoms with van der Waals surface area (Å²) in [6.45, 7) is 2.28. The number of hydrogen-bond acceptors (Lipinski definition) is 3. The van der Waals surface area contributed by atoms with Crippen molar-refractivity contribution in [2.24, 2.45) is 0 Å². The SMILES string of the molecule is COc1ccc(N2CCCCC2)cc1CO. The number of rotatable bonds is 3. The van der Waals surface area contributed by atoms with Crippen molar-refractivity contribution in [2.45, 2.75) is 25.9 Å². The molecule has 0 aromatic heterocycles. The number of piperidine rings is 1. The maximum Gasteiger partial charge on any atom is 0.124 e. The van der Waals surface area contributed by atoms with Crippen LogP contribution in [-0.4, -0.2) is 25.3 Å². The number of aliphatic hydroxyl groups excluding tert-OH is 1. The third-order valence-electron chi connectivity index (χ3n) is 3.16. The number of anilines is 1. The van der Waals surface area contributed by atoms with E-state index in [1.807, 2.05) is 12.1 Å². The summed E-state index contributed by atoms with van der Waals surface area (Å²) >= 11 is 0. The second-order valence-corrected chi connectivity index (χ2v) is 4.20. The zero-order valence-electron chi connectivity index (χ0n) is 9.78. The lowest BCUT2D eigenvalue weighted by Gasteiger charge is -2.29. The van der Waals surface area contributed by atoms with Crippen LogP contribution in [-0.2, 0) is 6.61 Å². The Morgan fingerprint density at radius 2 is 2.00 bits per heavy atom. The van der Waals surface area contributed by atoms with Gasteiger partial charge in [0.1, 0.15) is 5.75 Å². The minimum atomic E-state index is 0.0326.